The molecule has 1 aliphatic carbocycles. The molecule has 10 rings (SSSR count). The van der Waals surface area contributed by atoms with E-state index in [4.69, 9.17) is 45.7 Å². The number of nitrogens with zero attached hydrogens (tertiary/aromatic N) is 7. The molecule has 7 aromatic carbocycles. The Morgan fingerprint density at radius 1 is 0.437 bits per heavy atom. The number of hydrogen-bond acceptors (Lipinski definition) is 29. The second kappa shape index (κ2) is 51.3. The lowest BCUT2D eigenvalue weighted by Crippen LogP contribution is -2.54. The van der Waals surface area contributed by atoms with Crippen LogP contribution in [0, 0.1) is 5.92 Å². The molecule has 29 heteroatoms. The third-order valence-electron chi connectivity index (χ3n) is 22.0. The van der Waals surface area contributed by atoms with E-state index in [-0.39, 0.29) is 64.6 Å². The smallest absolute Gasteiger partial charge is 0.348 e. The van der Waals surface area contributed by atoms with Gasteiger partial charge in [-0.2, -0.15) is 0 Å². The average Bonchev–Trinajstić information content (AvgIpc) is 0.792. The number of ketones is 6. The first kappa shape index (κ1) is 102. The number of carbonyl (C=O) groups is 10. The summed E-state index contributed by atoms with van der Waals surface area (Å²) < 4.78 is 26.7. The first-order chi connectivity index (χ1) is 60.5. The summed E-state index contributed by atoms with van der Waals surface area (Å²) in [6.45, 7) is 28.4. The van der Waals surface area contributed by atoms with E-state index < -0.39 is 52.9 Å². The summed E-state index contributed by atoms with van der Waals surface area (Å²) in [7, 11) is 4.10. The molecule has 7 aromatic rings. The SMILES string of the molecule is CCC(=S)CC(=O)O/N=C(\CC(=O)OC)C(=O)c1ccc(Sc2ccc(C(=O)C(C)(C)N3CCOCC3)cc2)cc1.CCN(CC)CC/C(=N\OC(=O)CN(CC)CC)C(=O)c1ccc(Sc2ccc(C(=O)C(C)(C)N3CCOCC3)cc2)cc1.COC(OC)(C(=O)c1ccc(Sc2ccc(C(=O)/C(CC3CCCCC3)=N/OC(C)=O)cc2)cc1)c1ccccc1. The summed E-state index contributed by atoms with van der Waals surface area (Å²) in [4.78, 5) is 157. The van der Waals surface area contributed by atoms with Crippen molar-refractivity contribution in [2.45, 2.75) is 180 Å². The highest BCUT2D eigenvalue weighted by Crippen LogP contribution is 2.36. The van der Waals surface area contributed by atoms with Crippen molar-refractivity contribution in [2.75, 3.05) is 113 Å². The van der Waals surface area contributed by atoms with Gasteiger partial charge in [0.15, 0.2) is 11.6 Å². The third kappa shape index (κ3) is 30.2. The second-order valence-corrected chi connectivity index (χ2v) is 35.0. The van der Waals surface area contributed by atoms with E-state index in [1.165, 1.54) is 58.2 Å². The van der Waals surface area contributed by atoms with Gasteiger partial charge in [0, 0.05) is 133 Å². The van der Waals surface area contributed by atoms with Crippen molar-refractivity contribution < 1.29 is 86.1 Å². The van der Waals surface area contributed by atoms with E-state index in [1.807, 2.05) is 156 Å². The normalized spacial score (nSPS) is 14.5. The van der Waals surface area contributed by atoms with Gasteiger partial charge in [0.1, 0.15) is 17.1 Å². The molecule has 1 saturated carbocycles. The second-order valence-electron chi connectivity index (χ2n) is 31.0. The van der Waals surface area contributed by atoms with Gasteiger partial charge in [-0.25, -0.2) is 14.4 Å². The summed E-state index contributed by atoms with van der Waals surface area (Å²) in [6, 6.07) is 52.8. The summed E-state index contributed by atoms with van der Waals surface area (Å²) in [5.74, 6) is -4.79. The molecule has 3 aliphatic rings. The number of morpholine rings is 2. The molecule has 0 unspecified atom stereocenters. The third-order valence-corrected chi connectivity index (χ3v) is 25.5. The number of methoxy groups -OCH3 is 3. The molecular formula is C97H117N7O18S4. The van der Waals surface area contributed by atoms with Crippen LogP contribution >= 0.6 is 47.5 Å². The Labute approximate surface area is 758 Å². The molecule has 126 heavy (non-hydrogen) atoms. The van der Waals surface area contributed by atoms with Gasteiger partial charge >= 0.3 is 23.9 Å². The maximum Gasteiger partial charge on any atom is 0.348 e. The van der Waals surface area contributed by atoms with Crippen LogP contribution in [0.5, 0.6) is 0 Å². The Balaban J connectivity index is 0.000000234. The zero-order valence-corrected chi connectivity index (χ0v) is 77.7. The predicted octanol–water partition coefficient (Wildman–Crippen LogP) is 17.5. The van der Waals surface area contributed by atoms with Gasteiger partial charge in [-0.05, 0) is 182 Å². The molecule has 25 nitrogen and oxygen atoms in total. The molecule has 2 saturated heterocycles. The lowest BCUT2D eigenvalue weighted by molar-refractivity contribution is -0.176. The number of rotatable bonds is 42. The zero-order valence-electron chi connectivity index (χ0n) is 74.4. The number of Topliss-reactive ketones (excluding diaryl/α,β-unsaturated/α-hetero) is 6. The van der Waals surface area contributed by atoms with E-state index in [2.05, 4.69) is 48.8 Å². The number of hydrogen-bond donors (Lipinski definition) is 0. The van der Waals surface area contributed by atoms with Gasteiger partial charge in [-0.3, -0.25) is 48.3 Å². The first-order valence-corrected chi connectivity index (χ1v) is 45.4. The fourth-order valence-electron chi connectivity index (χ4n) is 14.2. The molecule has 0 atom stereocenters. The average molecular weight is 1800 g/mol. The van der Waals surface area contributed by atoms with E-state index in [9.17, 15) is 47.9 Å². The lowest BCUT2D eigenvalue weighted by atomic mass is 9.84. The van der Waals surface area contributed by atoms with Crippen LogP contribution in [0.15, 0.2) is 221 Å². The van der Waals surface area contributed by atoms with Gasteiger partial charge in [0.05, 0.1) is 64.0 Å². The van der Waals surface area contributed by atoms with Crippen LogP contribution in [-0.2, 0) is 63.2 Å². The Kier molecular flexibility index (Phi) is 41.4. The number of oxime groups is 3. The predicted molar refractivity (Wildman–Crippen MR) is 494 cm³/mol. The van der Waals surface area contributed by atoms with Crippen LogP contribution < -0.4 is 0 Å². The fraction of sp³-hybridized carbons (Fsp3) is 0.423. The molecule has 0 aromatic heterocycles. The monoisotopic (exact) mass is 1800 g/mol. The van der Waals surface area contributed by atoms with Crippen molar-refractivity contribution in [1.82, 2.24) is 19.6 Å². The minimum atomic E-state index is -1.53. The molecule has 0 bridgehead atoms. The van der Waals surface area contributed by atoms with Gasteiger partial charge in [0.25, 0.3) is 5.79 Å². The van der Waals surface area contributed by atoms with Crippen molar-refractivity contribution in [1.29, 1.82) is 0 Å². The number of thiocarbonyl (C=S) groups is 1. The number of carbonyl (C=O) groups excluding carboxylic acids is 10. The van der Waals surface area contributed by atoms with E-state index in [0.717, 1.165) is 107 Å². The van der Waals surface area contributed by atoms with Crippen molar-refractivity contribution in [2.24, 2.45) is 21.4 Å². The van der Waals surface area contributed by atoms with Crippen molar-refractivity contribution in [3.8, 4) is 0 Å². The highest BCUT2D eigenvalue weighted by molar-refractivity contribution is 7.99. The minimum absolute atomic E-state index is 0.0574. The van der Waals surface area contributed by atoms with Crippen LogP contribution in [-0.4, -0.2) is 224 Å². The van der Waals surface area contributed by atoms with E-state index >= 15 is 0 Å². The van der Waals surface area contributed by atoms with Gasteiger partial charge in [-0.1, -0.05) is 196 Å². The molecule has 3 fully saturated rings. The number of likely N-dealkylation sites (N-methyl/N-ethyl adjacent to an activating group) is 1. The maximum absolute atomic E-state index is 13.4. The summed E-state index contributed by atoms with van der Waals surface area (Å²) in [5.41, 5.74) is 2.67. The number of benzene rings is 7. The first-order valence-electron chi connectivity index (χ1n) is 42.6. The Hall–Kier alpha value is -9.73. The fourth-order valence-corrected chi connectivity index (χ4v) is 16.8. The molecule has 672 valence electrons. The summed E-state index contributed by atoms with van der Waals surface area (Å²) in [5, 5.41) is 11.6. The van der Waals surface area contributed by atoms with Crippen LogP contribution in [0.1, 0.15) is 201 Å². The van der Waals surface area contributed by atoms with Gasteiger partial charge < -0.3 is 43.1 Å². The Morgan fingerprint density at radius 3 is 1.18 bits per heavy atom. The van der Waals surface area contributed by atoms with E-state index in [1.54, 1.807) is 84.6 Å². The maximum atomic E-state index is 13.4. The van der Waals surface area contributed by atoms with E-state index in [0.29, 0.717) is 96.4 Å². The Morgan fingerprint density at radius 2 is 0.802 bits per heavy atom. The largest absolute Gasteiger partial charge is 0.469 e. The molecule has 0 amide bonds. The van der Waals surface area contributed by atoms with Crippen LogP contribution in [0.2, 0.25) is 0 Å². The van der Waals surface area contributed by atoms with Crippen LogP contribution in [0.4, 0.5) is 0 Å². The summed E-state index contributed by atoms with van der Waals surface area (Å²) in [6.07, 6.45) is 6.46. The zero-order chi connectivity index (χ0) is 91.4. The highest BCUT2D eigenvalue weighted by Gasteiger charge is 2.42. The van der Waals surface area contributed by atoms with Crippen molar-refractivity contribution in [3.63, 3.8) is 0 Å². The molecule has 0 N–H and O–H groups in total. The molecule has 0 radical (unpaired) electrons. The quantitative estimate of drug-likeness (QED) is 0.00653. The molecular weight excluding hydrogens is 1680 g/mol. The number of esters is 1. The van der Waals surface area contributed by atoms with Gasteiger partial charge in [0.2, 0.25) is 23.1 Å². The van der Waals surface area contributed by atoms with Crippen molar-refractivity contribution in [3.05, 3.63) is 215 Å². The van der Waals surface area contributed by atoms with Gasteiger partial charge in [-0.15, -0.1) is 0 Å². The number of ether oxygens (including phenoxy) is 5. The molecule has 2 heterocycles. The van der Waals surface area contributed by atoms with Crippen LogP contribution in [0.3, 0.4) is 0 Å². The Bertz CT molecular complexity index is 4880. The van der Waals surface area contributed by atoms with Crippen molar-refractivity contribution >= 4 is 128 Å². The minimum Gasteiger partial charge on any atom is -0.469 e. The summed E-state index contributed by atoms with van der Waals surface area (Å²) >= 11 is 9.57. The topological polar surface area (TPSA) is 295 Å². The standard InChI is InChI=1S/C34H48N4O5S.C33H35NO6S.C30H34N2O7S2/c1-7-36(8-2)20-19-30(35-43-31(39)25-37(9-3)10-4)32(40)26-11-15-28(16-12-26)44-29-17-13-27(14-18-29)33(41)34(5,6)38-21-23-42-24-22-38;1-23(35)40-34-30(22-24-10-6-4-7-11-24)31(36)25-14-18-28(19-15-25)41-29-20-16-26(17-21-29)32(37)33(38-2,39-3)27-12-8-5-9-13-27;1-5-22(40)18-27(34)39-31-25(19-26(33)37-4)28(35)20-6-10-23(11-7-20)41-24-12-8-21(9-13-24)29(36)30(2,3)32-14-16-38-17-15-32/h11-18H,7-10,19-25H2,1-6H3;5,8-9,12-21,24H,4,6-7,10-11,22H2,1-3H3;6-13H,5,14-19H2,1-4H3/b35-30+;34-30+;31-25+. The van der Waals surface area contributed by atoms with Crippen LogP contribution in [0.25, 0.3) is 0 Å². The lowest BCUT2D eigenvalue weighted by Gasteiger charge is -2.39. The molecule has 0 spiro atoms. The molecule has 2 aliphatic heterocycles. The highest BCUT2D eigenvalue weighted by atomic mass is 32.2.